The lowest BCUT2D eigenvalue weighted by molar-refractivity contribution is -0.125. The molecule has 0 spiro atoms. The Bertz CT molecular complexity index is 372. The largest absolute Gasteiger partial charge is 0.299 e. The normalized spacial score (nSPS) is 20.5. The summed E-state index contributed by atoms with van der Waals surface area (Å²) < 4.78 is 0. The lowest BCUT2D eigenvalue weighted by Crippen LogP contribution is -2.22. The molecule has 0 saturated heterocycles. The first-order valence-electron chi connectivity index (χ1n) is 4.34. The topological polar surface area (TPSA) is 40.9 Å². The highest BCUT2D eigenvalue weighted by Crippen LogP contribution is 2.32. The fourth-order valence-corrected chi connectivity index (χ4v) is 1.55. The molecule has 2 heteroatoms. The van der Waals surface area contributed by atoms with E-state index in [2.05, 4.69) is 6.07 Å². The fraction of sp³-hybridized carbons (Fsp3) is 0.273. The van der Waals surface area contributed by atoms with Crippen molar-refractivity contribution >= 4 is 5.78 Å². The summed E-state index contributed by atoms with van der Waals surface area (Å²) in [7, 11) is 0. The van der Waals surface area contributed by atoms with Gasteiger partial charge in [0.25, 0.3) is 0 Å². The predicted molar refractivity (Wildman–Crippen MR) is 48.1 cm³/mol. The maximum atomic E-state index is 11.1. The first kappa shape index (κ1) is 8.00. The van der Waals surface area contributed by atoms with Crippen LogP contribution in [-0.2, 0) is 4.79 Å². The van der Waals surface area contributed by atoms with Crippen molar-refractivity contribution in [1.29, 1.82) is 5.26 Å². The second-order valence-electron chi connectivity index (χ2n) is 3.29. The third-order valence-corrected chi connectivity index (χ3v) is 2.51. The van der Waals surface area contributed by atoms with E-state index >= 15 is 0 Å². The maximum absolute atomic E-state index is 11.1. The first-order valence-corrected chi connectivity index (χ1v) is 4.34. The Labute approximate surface area is 76.8 Å². The zero-order valence-electron chi connectivity index (χ0n) is 7.16. The Morgan fingerprint density at radius 3 is 2.38 bits per heavy atom. The highest BCUT2D eigenvalue weighted by Gasteiger charge is 2.29. The highest BCUT2D eigenvalue weighted by atomic mass is 16.1. The molecule has 0 bridgehead atoms. The van der Waals surface area contributed by atoms with Crippen molar-refractivity contribution in [3.8, 4) is 6.07 Å². The molecule has 13 heavy (non-hydrogen) atoms. The van der Waals surface area contributed by atoms with Crippen LogP contribution in [0.5, 0.6) is 0 Å². The Balaban J connectivity index is 2.24. The fourth-order valence-electron chi connectivity index (χ4n) is 1.55. The Morgan fingerprint density at radius 2 is 2.00 bits per heavy atom. The van der Waals surface area contributed by atoms with Crippen LogP contribution < -0.4 is 0 Å². The molecule has 1 aromatic carbocycles. The van der Waals surface area contributed by atoms with E-state index in [1.54, 1.807) is 12.1 Å². The van der Waals surface area contributed by atoms with E-state index in [1.807, 2.05) is 12.1 Å². The molecule has 0 radical (unpaired) electrons. The summed E-state index contributed by atoms with van der Waals surface area (Å²) in [6.45, 7) is 0. The summed E-state index contributed by atoms with van der Waals surface area (Å²) in [6.07, 6.45) is 1.68. The van der Waals surface area contributed by atoms with Gasteiger partial charge in [-0.3, -0.25) is 4.79 Å². The zero-order chi connectivity index (χ0) is 9.26. The molecular formula is C11H9NO. The molecule has 1 unspecified atom stereocenters. The summed E-state index contributed by atoms with van der Waals surface area (Å²) >= 11 is 0. The molecule has 64 valence electrons. The summed E-state index contributed by atoms with van der Waals surface area (Å²) in [4.78, 5) is 11.1. The molecule has 2 nitrogen and oxygen atoms in total. The van der Waals surface area contributed by atoms with Crippen LogP contribution in [0.15, 0.2) is 24.3 Å². The maximum Gasteiger partial charge on any atom is 0.140 e. The number of hydrogen-bond donors (Lipinski definition) is 0. The van der Waals surface area contributed by atoms with Gasteiger partial charge in [0, 0.05) is 12.3 Å². The summed E-state index contributed by atoms with van der Waals surface area (Å²) in [5, 5.41) is 8.57. The van der Waals surface area contributed by atoms with Crippen molar-refractivity contribution in [2.24, 2.45) is 0 Å². The van der Waals surface area contributed by atoms with E-state index in [0.29, 0.717) is 17.8 Å². The predicted octanol–water partition coefficient (Wildman–Crippen LogP) is 2.00. The molecule has 1 fully saturated rings. The number of hydrogen-bond acceptors (Lipinski definition) is 2. The SMILES string of the molecule is N#Cc1ccc(C2CCC2=O)cc1. The van der Waals surface area contributed by atoms with E-state index in [-0.39, 0.29) is 5.92 Å². The van der Waals surface area contributed by atoms with E-state index in [4.69, 9.17) is 5.26 Å². The van der Waals surface area contributed by atoms with Crippen molar-refractivity contribution in [3.05, 3.63) is 35.4 Å². The van der Waals surface area contributed by atoms with Gasteiger partial charge in [0.1, 0.15) is 5.78 Å². The molecule has 1 aliphatic rings. The van der Waals surface area contributed by atoms with Crippen LogP contribution in [0.2, 0.25) is 0 Å². The number of nitrogens with zero attached hydrogens (tertiary/aromatic N) is 1. The number of benzene rings is 1. The van der Waals surface area contributed by atoms with Gasteiger partial charge in [0.05, 0.1) is 11.6 Å². The van der Waals surface area contributed by atoms with Gasteiger partial charge in [-0.2, -0.15) is 5.26 Å². The number of carbonyl (C=O) groups excluding carboxylic acids is 1. The third-order valence-electron chi connectivity index (χ3n) is 2.51. The van der Waals surface area contributed by atoms with Crippen LogP contribution in [0.3, 0.4) is 0 Å². The van der Waals surface area contributed by atoms with Gasteiger partial charge in [0.2, 0.25) is 0 Å². The minimum Gasteiger partial charge on any atom is -0.299 e. The molecule has 1 saturated carbocycles. The molecule has 1 aliphatic carbocycles. The number of carbonyl (C=O) groups is 1. The van der Waals surface area contributed by atoms with E-state index < -0.39 is 0 Å². The Kier molecular flexibility index (Phi) is 1.86. The minimum absolute atomic E-state index is 0.104. The van der Waals surface area contributed by atoms with Crippen molar-refractivity contribution in [3.63, 3.8) is 0 Å². The van der Waals surface area contributed by atoms with Gasteiger partial charge in [-0.1, -0.05) is 12.1 Å². The van der Waals surface area contributed by atoms with Gasteiger partial charge in [-0.05, 0) is 24.1 Å². The Hall–Kier alpha value is -1.62. The van der Waals surface area contributed by atoms with Crippen molar-refractivity contribution in [2.45, 2.75) is 18.8 Å². The molecule has 0 N–H and O–H groups in total. The van der Waals surface area contributed by atoms with Crippen LogP contribution in [0, 0.1) is 11.3 Å². The van der Waals surface area contributed by atoms with Crippen LogP contribution in [0.1, 0.15) is 29.9 Å². The number of rotatable bonds is 1. The number of ketones is 1. The highest BCUT2D eigenvalue weighted by molar-refractivity contribution is 5.91. The summed E-state index contributed by atoms with van der Waals surface area (Å²) in [5.41, 5.74) is 1.70. The minimum atomic E-state index is 0.104. The molecule has 0 aromatic heterocycles. The molecule has 2 rings (SSSR count). The van der Waals surface area contributed by atoms with Crippen LogP contribution in [0.25, 0.3) is 0 Å². The summed E-state index contributed by atoms with van der Waals surface area (Å²) in [6, 6.07) is 9.34. The van der Waals surface area contributed by atoms with E-state index in [1.165, 1.54) is 0 Å². The van der Waals surface area contributed by atoms with Crippen LogP contribution in [-0.4, -0.2) is 5.78 Å². The number of Topliss-reactive ketones (excluding diaryl/α,β-unsaturated/α-hetero) is 1. The molecule has 1 atom stereocenters. The van der Waals surface area contributed by atoms with Crippen LogP contribution >= 0.6 is 0 Å². The molecular weight excluding hydrogens is 162 g/mol. The van der Waals surface area contributed by atoms with E-state index in [0.717, 1.165) is 12.0 Å². The monoisotopic (exact) mass is 171 g/mol. The van der Waals surface area contributed by atoms with E-state index in [9.17, 15) is 4.79 Å². The molecule has 1 aromatic rings. The quantitative estimate of drug-likeness (QED) is 0.648. The van der Waals surface area contributed by atoms with Crippen LogP contribution in [0.4, 0.5) is 0 Å². The second-order valence-corrected chi connectivity index (χ2v) is 3.29. The lowest BCUT2D eigenvalue weighted by Gasteiger charge is -2.23. The van der Waals surface area contributed by atoms with Gasteiger partial charge < -0.3 is 0 Å². The summed E-state index contributed by atoms with van der Waals surface area (Å²) in [5.74, 6) is 0.428. The third kappa shape index (κ3) is 1.33. The van der Waals surface area contributed by atoms with Crippen molar-refractivity contribution < 1.29 is 4.79 Å². The first-order chi connectivity index (χ1) is 6.31. The van der Waals surface area contributed by atoms with Gasteiger partial charge in [-0.25, -0.2) is 0 Å². The van der Waals surface area contributed by atoms with Gasteiger partial charge in [-0.15, -0.1) is 0 Å². The molecule has 0 heterocycles. The zero-order valence-corrected chi connectivity index (χ0v) is 7.16. The van der Waals surface area contributed by atoms with Gasteiger partial charge in [0.15, 0.2) is 0 Å². The second kappa shape index (κ2) is 3.02. The van der Waals surface area contributed by atoms with Crippen molar-refractivity contribution in [1.82, 2.24) is 0 Å². The number of nitriles is 1. The van der Waals surface area contributed by atoms with Gasteiger partial charge >= 0.3 is 0 Å². The molecule has 0 aliphatic heterocycles. The Morgan fingerprint density at radius 1 is 1.31 bits per heavy atom. The average Bonchev–Trinajstić information content (AvgIpc) is 2.17. The molecule has 0 amide bonds. The lowest BCUT2D eigenvalue weighted by atomic mass is 9.78. The standard InChI is InChI=1S/C11H9NO/c12-7-8-1-3-9(4-2-8)10-5-6-11(10)13/h1-4,10H,5-6H2. The average molecular weight is 171 g/mol. The van der Waals surface area contributed by atoms with Crippen molar-refractivity contribution in [2.75, 3.05) is 0 Å². The smallest absolute Gasteiger partial charge is 0.140 e.